The fourth-order valence-electron chi connectivity index (χ4n) is 9.67. The SMILES string of the molecule is C[C@@H]1[C@@H]([Si](C)(C)O)[C@H](CC(=O)N2CCC[C@H]2CO)O[C@@]12C(=O)N(Cc1ccc(NC(=O)C3CCCNC3)cc1)c1ccc(NC(=O)C3CCCNC3)cc12. The average Bonchev–Trinajstić information content (AvgIpc) is 3.83. The van der Waals surface area contributed by atoms with E-state index in [0.717, 1.165) is 57.2 Å². The van der Waals surface area contributed by atoms with E-state index in [1.807, 2.05) is 62.5 Å². The first-order valence-electron chi connectivity index (χ1n) is 19.8. The number of hydrogen-bond acceptors (Lipinski definition) is 9. The molecule has 0 radical (unpaired) electrons. The van der Waals surface area contributed by atoms with Crippen LogP contribution in [0.1, 0.15) is 63.0 Å². The second-order valence-electron chi connectivity index (χ2n) is 16.5. The van der Waals surface area contributed by atoms with E-state index in [1.165, 1.54) is 0 Å². The van der Waals surface area contributed by atoms with Crippen molar-refractivity contribution in [1.29, 1.82) is 0 Å². The maximum atomic E-state index is 15.1. The van der Waals surface area contributed by atoms with Gasteiger partial charge in [0.25, 0.3) is 5.91 Å². The van der Waals surface area contributed by atoms with E-state index in [9.17, 15) is 24.3 Å². The van der Waals surface area contributed by atoms with E-state index in [1.54, 1.807) is 9.80 Å². The van der Waals surface area contributed by atoms with Crippen molar-refractivity contribution >= 4 is 49.0 Å². The van der Waals surface area contributed by atoms with Crippen molar-refractivity contribution in [3.8, 4) is 0 Å². The lowest BCUT2D eigenvalue weighted by molar-refractivity contribution is -0.150. The molecular formula is C40H56N6O7Si. The molecule has 0 saturated carbocycles. The lowest BCUT2D eigenvalue weighted by Crippen LogP contribution is -2.46. The number of benzene rings is 2. The van der Waals surface area contributed by atoms with Gasteiger partial charge < -0.3 is 45.7 Å². The Morgan fingerprint density at radius 1 is 0.926 bits per heavy atom. The molecule has 5 aliphatic heterocycles. The van der Waals surface area contributed by atoms with Gasteiger partial charge in [0, 0.05) is 48.0 Å². The largest absolute Gasteiger partial charge is 0.432 e. The molecule has 0 aromatic heterocycles. The molecule has 2 aromatic rings. The summed E-state index contributed by atoms with van der Waals surface area (Å²) in [6.45, 7) is 9.36. The molecule has 13 nitrogen and oxygen atoms in total. The molecule has 292 valence electrons. The normalized spacial score (nSPS) is 29.8. The number of anilines is 3. The number of nitrogens with one attached hydrogen (secondary N) is 4. The van der Waals surface area contributed by atoms with Crippen LogP contribution in [0.25, 0.3) is 0 Å². The van der Waals surface area contributed by atoms with Gasteiger partial charge in [0.15, 0.2) is 13.9 Å². The second-order valence-corrected chi connectivity index (χ2v) is 20.5. The van der Waals surface area contributed by atoms with E-state index in [0.29, 0.717) is 42.3 Å². The molecule has 6 N–H and O–H groups in total. The molecule has 2 unspecified atom stereocenters. The number of nitrogens with zero attached hydrogens (tertiary/aromatic N) is 2. The van der Waals surface area contributed by atoms with Crippen molar-refractivity contribution in [3.63, 3.8) is 0 Å². The van der Waals surface area contributed by atoms with Gasteiger partial charge in [-0.2, -0.15) is 0 Å². The maximum absolute atomic E-state index is 15.1. The number of aliphatic hydroxyl groups is 1. The fourth-order valence-corrected chi connectivity index (χ4v) is 12.2. The molecule has 4 amide bonds. The number of ether oxygens (including phenoxy) is 1. The molecule has 0 bridgehead atoms. The highest BCUT2D eigenvalue weighted by molar-refractivity contribution is 6.71. The van der Waals surface area contributed by atoms with Gasteiger partial charge in [-0.15, -0.1) is 0 Å². The number of likely N-dealkylation sites (tertiary alicyclic amines) is 1. The van der Waals surface area contributed by atoms with Crippen molar-refractivity contribution in [2.24, 2.45) is 17.8 Å². The first kappa shape index (κ1) is 38.6. The summed E-state index contributed by atoms with van der Waals surface area (Å²) in [6, 6.07) is 12.8. The standard InChI is InChI=1S/C40H56N6O7Si/c1-25-36(54(2,3)52)34(20-35(48)45-18-6-9-31(45)24-47)53-40(25)32-19-30(44-38(50)28-8-5-17-42-22-28)14-15-33(32)46(39(40)51)23-26-10-12-29(13-11-26)43-37(49)27-7-4-16-41-21-27/h10-15,19,25,27-28,31,34,36,41-42,47,52H,4-9,16-18,20-24H2,1-3H3,(H,43,49)(H,44,50)/t25-,27?,28?,31+,34+,36-,40+/m1/s1. The molecule has 5 aliphatic rings. The third-order valence-corrected chi connectivity index (χ3v) is 14.9. The summed E-state index contributed by atoms with van der Waals surface area (Å²) in [5.41, 5.74) is 1.39. The molecule has 0 aliphatic carbocycles. The van der Waals surface area contributed by atoms with Crippen molar-refractivity contribution in [2.45, 2.75) is 94.8 Å². The van der Waals surface area contributed by atoms with Crippen LogP contribution in [0.2, 0.25) is 18.6 Å². The number of aliphatic hydroxyl groups excluding tert-OH is 1. The Labute approximate surface area is 318 Å². The van der Waals surface area contributed by atoms with E-state index in [-0.39, 0.29) is 61.1 Å². The van der Waals surface area contributed by atoms with Gasteiger partial charge >= 0.3 is 0 Å². The number of amides is 4. The Bertz CT molecular complexity index is 1720. The van der Waals surface area contributed by atoms with Crippen LogP contribution in [0.5, 0.6) is 0 Å². The first-order chi connectivity index (χ1) is 25.9. The zero-order chi connectivity index (χ0) is 38.2. The lowest BCUT2D eigenvalue weighted by Gasteiger charge is -2.33. The number of fused-ring (bicyclic) bond motifs is 2. The summed E-state index contributed by atoms with van der Waals surface area (Å²) in [7, 11) is -3.05. The molecule has 4 fully saturated rings. The minimum absolute atomic E-state index is 0.00915. The van der Waals surface area contributed by atoms with Crippen LogP contribution >= 0.6 is 0 Å². The molecular weight excluding hydrogens is 705 g/mol. The minimum atomic E-state index is -3.05. The van der Waals surface area contributed by atoms with Crippen LogP contribution in [0, 0.1) is 17.8 Å². The number of piperidine rings is 2. The van der Waals surface area contributed by atoms with Gasteiger partial charge in [-0.3, -0.25) is 19.2 Å². The van der Waals surface area contributed by atoms with Crippen molar-refractivity contribution < 1.29 is 33.8 Å². The number of rotatable bonds is 10. The van der Waals surface area contributed by atoms with Crippen molar-refractivity contribution in [3.05, 3.63) is 53.6 Å². The van der Waals surface area contributed by atoms with E-state index in [2.05, 4.69) is 21.3 Å². The summed E-state index contributed by atoms with van der Waals surface area (Å²) in [6.07, 6.45) is 4.33. The van der Waals surface area contributed by atoms with Gasteiger partial charge in [-0.05, 0) is 101 Å². The predicted molar refractivity (Wildman–Crippen MR) is 208 cm³/mol. The quantitative estimate of drug-likeness (QED) is 0.199. The Hall–Kier alpha value is -3.66. The number of hydrogen-bond donors (Lipinski definition) is 6. The second kappa shape index (κ2) is 15.8. The Kier molecular flexibility index (Phi) is 11.3. The summed E-state index contributed by atoms with van der Waals surface area (Å²) < 4.78 is 6.96. The third-order valence-electron chi connectivity index (χ3n) is 12.4. The molecule has 7 atom stereocenters. The van der Waals surface area contributed by atoms with E-state index < -0.39 is 31.5 Å². The minimum Gasteiger partial charge on any atom is -0.432 e. The highest BCUT2D eigenvalue weighted by Crippen LogP contribution is 2.60. The van der Waals surface area contributed by atoms with Crippen LogP contribution < -0.4 is 26.2 Å². The van der Waals surface area contributed by atoms with Crippen LogP contribution in [0.3, 0.4) is 0 Å². The Morgan fingerprint density at radius 3 is 2.15 bits per heavy atom. The summed E-state index contributed by atoms with van der Waals surface area (Å²) in [4.78, 5) is 70.3. The lowest BCUT2D eigenvalue weighted by atomic mass is 9.82. The van der Waals surface area contributed by atoms with E-state index in [4.69, 9.17) is 4.74 Å². The van der Waals surface area contributed by atoms with Gasteiger partial charge in [0.1, 0.15) is 0 Å². The van der Waals surface area contributed by atoms with Gasteiger partial charge in [0.2, 0.25) is 17.7 Å². The molecule has 14 heteroatoms. The Morgan fingerprint density at radius 2 is 1.56 bits per heavy atom. The molecule has 7 rings (SSSR count). The van der Waals surface area contributed by atoms with Crippen LogP contribution in [-0.4, -0.2) is 98.2 Å². The van der Waals surface area contributed by atoms with Crippen molar-refractivity contribution in [2.75, 3.05) is 54.9 Å². The van der Waals surface area contributed by atoms with Gasteiger partial charge in [0.05, 0.1) is 49.2 Å². The predicted octanol–water partition coefficient (Wildman–Crippen LogP) is 3.28. The van der Waals surface area contributed by atoms with Crippen LogP contribution in [-0.2, 0) is 36.1 Å². The fraction of sp³-hybridized carbons (Fsp3) is 0.600. The monoisotopic (exact) mass is 760 g/mol. The van der Waals surface area contributed by atoms with Crippen molar-refractivity contribution in [1.82, 2.24) is 15.5 Å². The molecule has 54 heavy (non-hydrogen) atoms. The highest BCUT2D eigenvalue weighted by atomic mass is 28.4. The topological polar surface area (TPSA) is 173 Å². The zero-order valence-electron chi connectivity index (χ0n) is 31.7. The molecule has 5 heterocycles. The average molecular weight is 761 g/mol. The molecule has 2 aromatic carbocycles. The highest BCUT2D eigenvalue weighted by Gasteiger charge is 2.66. The maximum Gasteiger partial charge on any atom is 0.264 e. The molecule has 1 spiro atoms. The van der Waals surface area contributed by atoms with Gasteiger partial charge in [-0.25, -0.2) is 0 Å². The third kappa shape index (κ3) is 7.48. The smallest absolute Gasteiger partial charge is 0.264 e. The van der Waals surface area contributed by atoms with Crippen LogP contribution in [0.15, 0.2) is 42.5 Å². The van der Waals surface area contributed by atoms with E-state index >= 15 is 4.79 Å². The Balaban J connectivity index is 1.19. The summed E-state index contributed by atoms with van der Waals surface area (Å²) >= 11 is 0. The number of carbonyl (C=O) groups is 4. The zero-order valence-corrected chi connectivity index (χ0v) is 32.7. The van der Waals surface area contributed by atoms with Gasteiger partial charge in [-0.1, -0.05) is 19.1 Å². The number of carbonyl (C=O) groups excluding carboxylic acids is 4. The summed E-state index contributed by atoms with van der Waals surface area (Å²) in [5.74, 6) is -1.26. The first-order valence-corrected chi connectivity index (χ1v) is 22.8. The molecule has 4 saturated heterocycles. The van der Waals surface area contributed by atoms with Crippen LogP contribution in [0.4, 0.5) is 17.1 Å². The summed E-state index contributed by atoms with van der Waals surface area (Å²) in [5, 5.41) is 22.7.